The Bertz CT molecular complexity index is 1650. The smallest absolute Gasteiger partial charge is 0.240 e. The minimum Gasteiger partial charge on any atom is -0.240 e. The third-order valence-electron chi connectivity index (χ3n) is 5.46. The predicted molar refractivity (Wildman–Crippen MR) is 127 cm³/mol. The monoisotopic (exact) mass is 495 g/mol. The van der Waals surface area contributed by atoms with Crippen molar-refractivity contribution >= 4 is 32.5 Å². The second-order valence-corrected chi connectivity index (χ2v) is 9.89. The number of aryl methyl sites for hydroxylation is 1. The molecule has 0 radical (unpaired) electrons. The molecule has 2 heterocycles. The third-order valence-corrected chi connectivity index (χ3v) is 7.36. The fraction of sp³-hybridized carbons (Fsp3) is 0.0400. The van der Waals surface area contributed by atoms with Gasteiger partial charge in [-0.25, -0.2) is 31.1 Å². The highest BCUT2D eigenvalue weighted by molar-refractivity contribution is 7.90. The molecule has 5 rings (SSSR count). The zero-order chi connectivity index (χ0) is 24.0. The van der Waals surface area contributed by atoms with Crippen molar-refractivity contribution in [2.24, 2.45) is 0 Å². The van der Waals surface area contributed by atoms with Crippen LogP contribution in [0.5, 0.6) is 0 Å². The van der Waals surface area contributed by atoms with Crippen molar-refractivity contribution in [1.82, 2.24) is 13.9 Å². The Morgan fingerprint density at radius 1 is 0.941 bits per heavy atom. The molecule has 0 spiro atoms. The lowest BCUT2D eigenvalue weighted by atomic mass is 10.0. The van der Waals surface area contributed by atoms with Gasteiger partial charge in [-0.05, 0) is 55.0 Å². The van der Waals surface area contributed by atoms with Gasteiger partial charge in [-0.2, -0.15) is 0 Å². The highest BCUT2D eigenvalue weighted by atomic mass is 35.5. The van der Waals surface area contributed by atoms with Gasteiger partial charge < -0.3 is 0 Å². The maximum absolute atomic E-state index is 14.5. The number of nitrogens with zero attached hydrogens (tertiary/aromatic N) is 3. The summed E-state index contributed by atoms with van der Waals surface area (Å²) in [5.74, 6) is -1.28. The van der Waals surface area contributed by atoms with Crippen LogP contribution in [-0.2, 0) is 10.0 Å². The van der Waals surface area contributed by atoms with Crippen molar-refractivity contribution in [3.05, 3.63) is 101 Å². The predicted octanol–water partition coefficient (Wildman–Crippen LogP) is 6.24. The average Bonchev–Trinajstić information content (AvgIpc) is 3.19. The number of hydrogen-bond donors (Lipinski definition) is 0. The highest BCUT2D eigenvalue weighted by Gasteiger charge is 2.24. The Balaban J connectivity index is 1.81. The van der Waals surface area contributed by atoms with Gasteiger partial charge in [0.1, 0.15) is 16.8 Å². The fourth-order valence-electron chi connectivity index (χ4n) is 3.80. The summed E-state index contributed by atoms with van der Waals surface area (Å²) in [7, 11) is -3.99. The molecule has 170 valence electrons. The van der Waals surface area contributed by atoms with Gasteiger partial charge in [0.15, 0.2) is 5.82 Å². The normalized spacial score (nSPS) is 11.8. The topological polar surface area (TPSA) is 64.8 Å². The molecule has 34 heavy (non-hydrogen) atoms. The second kappa shape index (κ2) is 8.30. The van der Waals surface area contributed by atoms with Crippen LogP contribution in [0.2, 0.25) is 5.15 Å². The molecule has 0 unspecified atom stereocenters. The largest absolute Gasteiger partial charge is 0.268 e. The molecular weight excluding hydrogens is 480 g/mol. The fourth-order valence-corrected chi connectivity index (χ4v) is 5.30. The number of hydrogen-bond acceptors (Lipinski definition) is 4. The maximum Gasteiger partial charge on any atom is 0.268 e. The van der Waals surface area contributed by atoms with Gasteiger partial charge in [-0.15, -0.1) is 0 Å². The molecule has 9 heteroatoms. The molecular formula is C25H16ClF2N3O2S. The van der Waals surface area contributed by atoms with Gasteiger partial charge in [-0.1, -0.05) is 41.4 Å². The molecule has 0 N–H and O–H groups in total. The van der Waals surface area contributed by atoms with Crippen LogP contribution >= 0.6 is 11.6 Å². The van der Waals surface area contributed by atoms with Gasteiger partial charge in [0.25, 0.3) is 10.0 Å². The van der Waals surface area contributed by atoms with Gasteiger partial charge >= 0.3 is 0 Å². The van der Waals surface area contributed by atoms with E-state index in [9.17, 15) is 17.2 Å². The van der Waals surface area contributed by atoms with Crippen LogP contribution in [0.15, 0.2) is 84.0 Å². The van der Waals surface area contributed by atoms with Crippen LogP contribution in [0.1, 0.15) is 5.56 Å². The molecule has 5 nitrogen and oxygen atoms in total. The minimum absolute atomic E-state index is 0.0952. The molecule has 0 aliphatic carbocycles. The Kier molecular flexibility index (Phi) is 5.42. The lowest BCUT2D eigenvalue weighted by Gasteiger charge is -2.09. The minimum atomic E-state index is -3.99. The summed E-state index contributed by atoms with van der Waals surface area (Å²) in [5.41, 5.74) is 1.61. The second-order valence-electron chi connectivity index (χ2n) is 7.69. The molecule has 0 aliphatic heterocycles. The number of aromatic nitrogens is 3. The van der Waals surface area contributed by atoms with Gasteiger partial charge in [0.05, 0.1) is 16.0 Å². The van der Waals surface area contributed by atoms with Crippen molar-refractivity contribution in [2.75, 3.05) is 0 Å². The summed E-state index contributed by atoms with van der Waals surface area (Å²) < 4.78 is 57.1. The average molecular weight is 496 g/mol. The van der Waals surface area contributed by atoms with Crippen LogP contribution in [0.25, 0.3) is 33.4 Å². The van der Waals surface area contributed by atoms with Crippen LogP contribution in [-0.4, -0.2) is 22.4 Å². The van der Waals surface area contributed by atoms with Crippen molar-refractivity contribution in [3.63, 3.8) is 0 Å². The first kappa shape index (κ1) is 22.2. The lowest BCUT2D eigenvalue weighted by Crippen LogP contribution is -2.11. The van der Waals surface area contributed by atoms with Crippen LogP contribution in [0.4, 0.5) is 8.78 Å². The van der Waals surface area contributed by atoms with E-state index in [4.69, 9.17) is 11.6 Å². The summed E-state index contributed by atoms with van der Waals surface area (Å²) >= 11 is 6.05. The van der Waals surface area contributed by atoms with E-state index in [0.29, 0.717) is 16.5 Å². The molecule has 0 saturated heterocycles. The zero-order valence-electron chi connectivity index (χ0n) is 17.7. The van der Waals surface area contributed by atoms with Gasteiger partial charge in [0.2, 0.25) is 0 Å². The SMILES string of the molecule is Cc1ccc(S(=O)(=O)n2cc(-c3nccc(Cl)n3)c3cc(-c4c(F)cccc4F)ccc32)cc1. The number of benzene rings is 3. The molecule has 0 atom stereocenters. The molecule has 5 aromatic rings. The first-order valence-electron chi connectivity index (χ1n) is 10.2. The van der Waals surface area contributed by atoms with E-state index in [2.05, 4.69) is 9.97 Å². The Morgan fingerprint density at radius 3 is 2.32 bits per heavy atom. The van der Waals surface area contributed by atoms with Crippen LogP contribution in [0, 0.1) is 18.6 Å². The molecule has 0 aliphatic rings. The lowest BCUT2D eigenvalue weighted by molar-refractivity contribution is 0.588. The summed E-state index contributed by atoms with van der Waals surface area (Å²) in [6, 6.07) is 16.1. The van der Waals surface area contributed by atoms with Crippen molar-refractivity contribution in [3.8, 4) is 22.5 Å². The molecule has 0 saturated carbocycles. The maximum atomic E-state index is 14.5. The first-order chi connectivity index (χ1) is 16.3. The summed E-state index contributed by atoms with van der Waals surface area (Å²) in [4.78, 5) is 8.53. The highest BCUT2D eigenvalue weighted by Crippen LogP contribution is 2.36. The number of fused-ring (bicyclic) bond motifs is 1. The quantitative estimate of drug-likeness (QED) is 0.277. The number of halogens is 3. The van der Waals surface area contributed by atoms with E-state index in [-0.39, 0.29) is 27.0 Å². The summed E-state index contributed by atoms with van der Waals surface area (Å²) in [6.07, 6.45) is 2.84. The summed E-state index contributed by atoms with van der Waals surface area (Å²) in [5, 5.41) is 0.571. The van der Waals surface area contributed by atoms with Crippen molar-refractivity contribution in [1.29, 1.82) is 0 Å². The van der Waals surface area contributed by atoms with Gasteiger partial charge in [-0.3, -0.25) is 0 Å². The molecule has 0 bridgehead atoms. The first-order valence-corrected chi connectivity index (χ1v) is 12.0. The van der Waals surface area contributed by atoms with E-state index < -0.39 is 21.7 Å². The Morgan fingerprint density at radius 2 is 1.65 bits per heavy atom. The molecule has 3 aromatic carbocycles. The van der Waals surface area contributed by atoms with Crippen LogP contribution < -0.4 is 0 Å². The van der Waals surface area contributed by atoms with Crippen LogP contribution in [0.3, 0.4) is 0 Å². The van der Waals surface area contributed by atoms with E-state index in [0.717, 1.165) is 21.7 Å². The molecule has 0 amide bonds. The van der Waals surface area contributed by atoms with Crippen molar-refractivity contribution in [2.45, 2.75) is 11.8 Å². The summed E-state index contributed by atoms with van der Waals surface area (Å²) in [6.45, 7) is 1.86. The van der Waals surface area contributed by atoms with E-state index in [1.54, 1.807) is 12.1 Å². The van der Waals surface area contributed by atoms with E-state index >= 15 is 0 Å². The van der Waals surface area contributed by atoms with E-state index in [1.165, 1.54) is 54.9 Å². The zero-order valence-corrected chi connectivity index (χ0v) is 19.3. The van der Waals surface area contributed by atoms with E-state index in [1.807, 2.05) is 6.92 Å². The molecule has 2 aromatic heterocycles. The molecule has 0 fully saturated rings. The van der Waals surface area contributed by atoms with Gasteiger partial charge in [0, 0.05) is 23.3 Å². The standard InChI is InChI=1S/C25H16ClF2N3O2S/c1-15-5-8-17(9-6-15)34(32,33)31-14-19(25-29-12-11-23(26)30-25)18-13-16(7-10-22(18)31)24-20(27)3-2-4-21(24)28/h2-14H,1H3. The Labute approximate surface area is 199 Å². The number of rotatable bonds is 4. The third kappa shape index (κ3) is 3.74. The Hall–Kier alpha value is -3.62. The van der Waals surface area contributed by atoms with Crippen molar-refractivity contribution < 1.29 is 17.2 Å².